The SMILES string of the molecule is C[C@@H](Sc1nnc(-c2c[nH]c3ccccc23)n1C1CC1)C(=O)N1CCNC1=O. The molecule has 2 N–H and O–H groups in total. The molecule has 2 fully saturated rings. The topological polar surface area (TPSA) is 95.9 Å². The smallest absolute Gasteiger partial charge is 0.324 e. The number of amides is 3. The minimum absolute atomic E-state index is 0.195. The highest BCUT2D eigenvalue weighted by molar-refractivity contribution is 8.00. The predicted octanol–water partition coefficient (Wildman–Crippen LogP) is 2.79. The van der Waals surface area contributed by atoms with Crippen LogP contribution in [0.5, 0.6) is 0 Å². The zero-order valence-corrected chi connectivity index (χ0v) is 16.2. The average Bonchev–Trinajstić information content (AvgIpc) is 3.11. The van der Waals surface area contributed by atoms with Crippen LogP contribution in [0.25, 0.3) is 22.3 Å². The number of carbonyl (C=O) groups excluding carboxylic acids is 2. The van der Waals surface area contributed by atoms with Gasteiger partial charge in [0.1, 0.15) is 0 Å². The number of hydrogen-bond donors (Lipinski definition) is 2. The summed E-state index contributed by atoms with van der Waals surface area (Å²) in [5.74, 6) is 0.625. The zero-order valence-electron chi connectivity index (χ0n) is 15.4. The maximum Gasteiger partial charge on any atom is 0.324 e. The number of fused-ring (bicyclic) bond motifs is 1. The highest BCUT2D eigenvalue weighted by atomic mass is 32.2. The largest absolute Gasteiger partial charge is 0.360 e. The summed E-state index contributed by atoms with van der Waals surface area (Å²) in [6.07, 6.45) is 4.13. The van der Waals surface area contributed by atoms with Crippen LogP contribution < -0.4 is 5.32 Å². The number of aromatic amines is 1. The molecule has 2 aromatic heterocycles. The summed E-state index contributed by atoms with van der Waals surface area (Å²) in [5.41, 5.74) is 2.07. The van der Waals surface area contributed by atoms with E-state index in [1.54, 1.807) is 0 Å². The number of nitrogens with one attached hydrogen (secondary N) is 2. The van der Waals surface area contributed by atoms with Crippen LogP contribution in [0.3, 0.4) is 0 Å². The molecule has 0 spiro atoms. The van der Waals surface area contributed by atoms with E-state index in [1.165, 1.54) is 16.7 Å². The zero-order chi connectivity index (χ0) is 19.3. The number of rotatable bonds is 5. The summed E-state index contributed by atoms with van der Waals surface area (Å²) in [6, 6.07) is 8.15. The van der Waals surface area contributed by atoms with Gasteiger partial charge in [0.15, 0.2) is 11.0 Å². The summed E-state index contributed by atoms with van der Waals surface area (Å²) < 4.78 is 2.15. The highest BCUT2D eigenvalue weighted by Crippen LogP contribution is 2.42. The second-order valence-electron chi connectivity index (χ2n) is 7.14. The molecule has 2 aliphatic rings. The number of imide groups is 1. The van der Waals surface area contributed by atoms with Crippen LogP contribution in [0.15, 0.2) is 35.6 Å². The van der Waals surface area contributed by atoms with Gasteiger partial charge >= 0.3 is 6.03 Å². The fourth-order valence-electron chi connectivity index (χ4n) is 3.57. The lowest BCUT2D eigenvalue weighted by Crippen LogP contribution is -2.39. The van der Waals surface area contributed by atoms with Gasteiger partial charge in [0.25, 0.3) is 0 Å². The van der Waals surface area contributed by atoms with E-state index in [0.29, 0.717) is 19.1 Å². The third-order valence-electron chi connectivity index (χ3n) is 5.16. The van der Waals surface area contributed by atoms with Crippen molar-refractivity contribution in [3.8, 4) is 11.4 Å². The van der Waals surface area contributed by atoms with E-state index in [2.05, 4.69) is 31.1 Å². The molecule has 0 bridgehead atoms. The van der Waals surface area contributed by atoms with E-state index < -0.39 is 5.25 Å². The number of urea groups is 1. The van der Waals surface area contributed by atoms with Crippen LogP contribution >= 0.6 is 11.8 Å². The molecule has 1 aromatic carbocycles. The Hall–Kier alpha value is -2.81. The number of thioether (sulfide) groups is 1. The number of hydrogen-bond acceptors (Lipinski definition) is 5. The van der Waals surface area contributed by atoms with Crippen molar-refractivity contribution in [2.24, 2.45) is 0 Å². The first kappa shape index (κ1) is 17.3. The molecule has 1 saturated carbocycles. The molecule has 3 amide bonds. The van der Waals surface area contributed by atoms with Crippen LogP contribution in [0.4, 0.5) is 4.79 Å². The number of benzene rings is 1. The Bertz CT molecular complexity index is 1070. The van der Waals surface area contributed by atoms with Crippen molar-refractivity contribution in [3.63, 3.8) is 0 Å². The van der Waals surface area contributed by atoms with E-state index >= 15 is 0 Å². The monoisotopic (exact) mass is 396 g/mol. The molecule has 0 unspecified atom stereocenters. The summed E-state index contributed by atoms with van der Waals surface area (Å²) in [4.78, 5) is 29.0. The fourth-order valence-corrected chi connectivity index (χ4v) is 4.55. The van der Waals surface area contributed by atoms with E-state index in [0.717, 1.165) is 40.3 Å². The quantitative estimate of drug-likeness (QED) is 0.647. The van der Waals surface area contributed by atoms with E-state index in [4.69, 9.17) is 0 Å². The highest BCUT2D eigenvalue weighted by Gasteiger charge is 2.34. The Morgan fingerprint density at radius 1 is 1.29 bits per heavy atom. The summed E-state index contributed by atoms with van der Waals surface area (Å²) in [6.45, 7) is 2.74. The minimum Gasteiger partial charge on any atom is -0.360 e. The standard InChI is InChI=1S/C19H20N6O2S/c1-11(17(26)24-9-8-20-18(24)27)28-19-23-22-16(25(19)12-6-7-12)14-10-21-15-5-3-2-4-13(14)15/h2-5,10-12,21H,6-9H2,1H3,(H,20,27)/t11-/m1/s1. The van der Waals surface area contributed by atoms with Gasteiger partial charge in [-0.2, -0.15) is 0 Å². The fraction of sp³-hybridized carbons (Fsp3) is 0.368. The molecule has 5 rings (SSSR count). The maximum absolute atomic E-state index is 12.6. The van der Waals surface area contributed by atoms with Crippen molar-refractivity contribution >= 4 is 34.6 Å². The van der Waals surface area contributed by atoms with Crippen molar-refractivity contribution in [2.75, 3.05) is 13.1 Å². The number of carbonyl (C=O) groups is 2. The molecule has 28 heavy (non-hydrogen) atoms. The molecular weight excluding hydrogens is 376 g/mol. The van der Waals surface area contributed by atoms with Gasteiger partial charge in [-0.1, -0.05) is 30.0 Å². The summed E-state index contributed by atoms with van der Waals surface area (Å²) in [7, 11) is 0. The second-order valence-corrected chi connectivity index (χ2v) is 8.45. The minimum atomic E-state index is -0.415. The van der Waals surface area contributed by atoms with Gasteiger partial charge in [-0.25, -0.2) is 4.79 Å². The second kappa shape index (κ2) is 6.66. The lowest BCUT2D eigenvalue weighted by molar-refractivity contribution is -0.126. The summed E-state index contributed by atoms with van der Waals surface area (Å²) >= 11 is 1.37. The molecule has 1 aliphatic heterocycles. The number of nitrogens with zero attached hydrogens (tertiary/aromatic N) is 4. The van der Waals surface area contributed by atoms with Gasteiger partial charge in [-0.3, -0.25) is 14.3 Å². The molecule has 9 heteroatoms. The first-order chi connectivity index (χ1) is 13.6. The van der Waals surface area contributed by atoms with Crippen molar-refractivity contribution in [1.29, 1.82) is 0 Å². The number of H-pyrrole nitrogens is 1. The maximum atomic E-state index is 12.6. The van der Waals surface area contributed by atoms with E-state index in [9.17, 15) is 9.59 Å². The van der Waals surface area contributed by atoms with Gasteiger partial charge in [0.05, 0.1) is 5.25 Å². The lowest BCUT2D eigenvalue weighted by Gasteiger charge is -2.17. The van der Waals surface area contributed by atoms with Crippen molar-refractivity contribution < 1.29 is 9.59 Å². The van der Waals surface area contributed by atoms with Gasteiger partial charge in [0, 0.05) is 41.8 Å². The Kier molecular flexibility index (Phi) is 4.12. The van der Waals surface area contributed by atoms with Gasteiger partial charge < -0.3 is 10.3 Å². The molecular formula is C19H20N6O2S. The number of aromatic nitrogens is 4. The molecule has 1 atom stereocenters. The Morgan fingerprint density at radius 3 is 2.86 bits per heavy atom. The molecule has 144 valence electrons. The third kappa shape index (κ3) is 2.86. The normalized spacial score (nSPS) is 17.9. The predicted molar refractivity (Wildman–Crippen MR) is 106 cm³/mol. The molecule has 0 radical (unpaired) electrons. The first-order valence-electron chi connectivity index (χ1n) is 9.40. The molecule has 1 saturated heterocycles. The lowest BCUT2D eigenvalue weighted by atomic mass is 10.1. The molecule has 3 aromatic rings. The Balaban J connectivity index is 1.46. The van der Waals surface area contributed by atoms with Crippen molar-refractivity contribution in [3.05, 3.63) is 30.5 Å². The molecule has 8 nitrogen and oxygen atoms in total. The van der Waals surface area contributed by atoms with Crippen LogP contribution in [0.2, 0.25) is 0 Å². The van der Waals surface area contributed by atoms with Crippen LogP contribution in [-0.4, -0.2) is 54.9 Å². The van der Waals surface area contributed by atoms with E-state index in [1.807, 2.05) is 31.3 Å². The third-order valence-corrected chi connectivity index (χ3v) is 6.20. The first-order valence-corrected chi connectivity index (χ1v) is 10.3. The Morgan fingerprint density at radius 2 is 2.11 bits per heavy atom. The van der Waals surface area contributed by atoms with Gasteiger partial charge in [-0.05, 0) is 25.8 Å². The van der Waals surface area contributed by atoms with Gasteiger partial charge in [0.2, 0.25) is 5.91 Å². The Labute approximate surface area is 165 Å². The molecule has 1 aliphatic carbocycles. The summed E-state index contributed by atoms with van der Waals surface area (Å²) in [5, 5.41) is 12.9. The average molecular weight is 396 g/mol. The van der Waals surface area contributed by atoms with Crippen molar-refractivity contribution in [1.82, 2.24) is 30.0 Å². The van der Waals surface area contributed by atoms with Crippen LogP contribution in [0, 0.1) is 0 Å². The number of para-hydroxylation sites is 1. The van der Waals surface area contributed by atoms with Gasteiger partial charge in [-0.15, -0.1) is 10.2 Å². The van der Waals surface area contributed by atoms with Crippen molar-refractivity contribution in [2.45, 2.75) is 36.2 Å². The van der Waals surface area contributed by atoms with Crippen LogP contribution in [0.1, 0.15) is 25.8 Å². The molecule has 3 heterocycles. The van der Waals surface area contributed by atoms with E-state index in [-0.39, 0.29) is 11.9 Å². The van der Waals surface area contributed by atoms with Crippen LogP contribution in [-0.2, 0) is 4.79 Å².